The molecule has 0 heterocycles. The molecule has 0 amide bonds. The standard InChI is InChI=1S/C11H16FN/c1-3-10-9(7-8(2)13)5-4-6-11(10)12/h4-6,8H,3,7,13H2,1-2H3/t8-/m1/s1. The van der Waals surface area contributed by atoms with Gasteiger partial charge >= 0.3 is 0 Å². The van der Waals surface area contributed by atoms with Gasteiger partial charge in [0.15, 0.2) is 0 Å². The highest BCUT2D eigenvalue weighted by Gasteiger charge is 2.07. The maximum Gasteiger partial charge on any atom is 0.126 e. The molecule has 1 atom stereocenters. The van der Waals surface area contributed by atoms with Crippen LogP contribution in [0.15, 0.2) is 18.2 Å². The van der Waals surface area contributed by atoms with E-state index in [2.05, 4.69) is 0 Å². The molecule has 13 heavy (non-hydrogen) atoms. The molecule has 1 nitrogen and oxygen atoms in total. The van der Waals surface area contributed by atoms with Gasteiger partial charge in [0.25, 0.3) is 0 Å². The molecule has 1 aromatic rings. The van der Waals surface area contributed by atoms with Crippen molar-refractivity contribution in [1.29, 1.82) is 0 Å². The predicted molar refractivity (Wildman–Crippen MR) is 53.1 cm³/mol. The van der Waals surface area contributed by atoms with E-state index in [1.54, 1.807) is 6.07 Å². The highest BCUT2D eigenvalue weighted by molar-refractivity contribution is 5.29. The van der Waals surface area contributed by atoms with Crippen LogP contribution in [-0.4, -0.2) is 6.04 Å². The molecular formula is C11H16FN. The SMILES string of the molecule is CCc1c(F)cccc1C[C@@H](C)N. The lowest BCUT2D eigenvalue weighted by Crippen LogP contribution is -2.18. The van der Waals surface area contributed by atoms with Crippen LogP contribution < -0.4 is 5.73 Å². The third kappa shape index (κ3) is 2.52. The Morgan fingerprint density at radius 3 is 2.69 bits per heavy atom. The summed E-state index contributed by atoms with van der Waals surface area (Å²) in [5, 5.41) is 0. The van der Waals surface area contributed by atoms with Crippen LogP contribution in [0.2, 0.25) is 0 Å². The van der Waals surface area contributed by atoms with Crippen molar-refractivity contribution in [2.24, 2.45) is 5.73 Å². The van der Waals surface area contributed by atoms with Gasteiger partial charge in [0.05, 0.1) is 0 Å². The number of halogens is 1. The third-order valence-corrected chi connectivity index (χ3v) is 2.11. The summed E-state index contributed by atoms with van der Waals surface area (Å²) in [4.78, 5) is 0. The fraction of sp³-hybridized carbons (Fsp3) is 0.455. The minimum absolute atomic E-state index is 0.0899. The van der Waals surface area contributed by atoms with Crippen LogP contribution in [0.4, 0.5) is 4.39 Å². The van der Waals surface area contributed by atoms with E-state index >= 15 is 0 Å². The first-order valence-electron chi connectivity index (χ1n) is 4.67. The minimum Gasteiger partial charge on any atom is -0.328 e. The minimum atomic E-state index is -0.111. The predicted octanol–water partition coefficient (Wildman–Crippen LogP) is 2.28. The van der Waals surface area contributed by atoms with Crippen LogP contribution in [0, 0.1) is 5.82 Å². The Labute approximate surface area is 78.8 Å². The van der Waals surface area contributed by atoms with Gasteiger partial charge in [-0.05, 0) is 37.0 Å². The van der Waals surface area contributed by atoms with Gasteiger partial charge in [-0.15, -0.1) is 0 Å². The maximum atomic E-state index is 13.3. The normalized spacial score (nSPS) is 12.9. The lowest BCUT2D eigenvalue weighted by molar-refractivity contribution is 0.605. The average molecular weight is 181 g/mol. The molecule has 0 saturated heterocycles. The van der Waals surface area contributed by atoms with Crippen LogP contribution in [0.3, 0.4) is 0 Å². The average Bonchev–Trinajstić information content (AvgIpc) is 2.03. The lowest BCUT2D eigenvalue weighted by Gasteiger charge is -2.10. The molecule has 0 radical (unpaired) electrons. The van der Waals surface area contributed by atoms with Crippen molar-refractivity contribution in [3.63, 3.8) is 0 Å². The molecule has 0 bridgehead atoms. The van der Waals surface area contributed by atoms with Gasteiger partial charge in [-0.25, -0.2) is 4.39 Å². The van der Waals surface area contributed by atoms with E-state index in [-0.39, 0.29) is 11.9 Å². The zero-order valence-corrected chi connectivity index (χ0v) is 8.18. The molecule has 0 aliphatic rings. The number of rotatable bonds is 3. The Balaban J connectivity index is 2.98. The van der Waals surface area contributed by atoms with Gasteiger partial charge in [0.1, 0.15) is 5.82 Å². The fourth-order valence-corrected chi connectivity index (χ4v) is 1.54. The van der Waals surface area contributed by atoms with Gasteiger partial charge in [0.2, 0.25) is 0 Å². The molecule has 0 aliphatic carbocycles. The monoisotopic (exact) mass is 181 g/mol. The van der Waals surface area contributed by atoms with Crippen LogP contribution >= 0.6 is 0 Å². The zero-order chi connectivity index (χ0) is 9.84. The number of hydrogen-bond acceptors (Lipinski definition) is 1. The van der Waals surface area contributed by atoms with Crippen LogP contribution in [0.1, 0.15) is 25.0 Å². The van der Waals surface area contributed by atoms with Gasteiger partial charge in [-0.2, -0.15) is 0 Å². The molecule has 0 aromatic heterocycles. The Morgan fingerprint density at radius 2 is 2.15 bits per heavy atom. The molecule has 72 valence electrons. The van der Waals surface area contributed by atoms with E-state index in [4.69, 9.17) is 5.73 Å². The molecule has 2 N–H and O–H groups in total. The summed E-state index contributed by atoms with van der Waals surface area (Å²) < 4.78 is 13.3. The van der Waals surface area contributed by atoms with Crippen molar-refractivity contribution >= 4 is 0 Å². The number of nitrogens with two attached hydrogens (primary N) is 1. The van der Waals surface area contributed by atoms with Crippen molar-refractivity contribution < 1.29 is 4.39 Å². The molecule has 0 fully saturated rings. The molecule has 1 aromatic carbocycles. The molecule has 0 unspecified atom stereocenters. The number of hydrogen-bond donors (Lipinski definition) is 1. The highest BCUT2D eigenvalue weighted by atomic mass is 19.1. The molecular weight excluding hydrogens is 165 g/mol. The second-order valence-electron chi connectivity index (χ2n) is 3.41. The Bertz CT molecular complexity index is 281. The van der Waals surface area contributed by atoms with Crippen molar-refractivity contribution in [3.8, 4) is 0 Å². The largest absolute Gasteiger partial charge is 0.328 e. The van der Waals surface area contributed by atoms with Crippen LogP contribution in [0.25, 0.3) is 0 Å². The summed E-state index contributed by atoms with van der Waals surface area (Å²) in [5.74, 6) is -0.111. The summed E-state index contributed by atoms with van der Waals surface area (Å²) in [6.45, 7) is 3.90. The van der Waals surface area contributed by atoms with Crippen molar-refractivity contribution in [2.75, 3.05) is 0 Å². The second kappa shape index (κ2) is 4.38. The Hall–Kier alpha value is -0.890. The van der Waals surface area contributed by atoms with Crippen molar-refractivity contribution in [3.05, 3.63) is 35.1 Å². The van der Waals surface area contributed by atoms with Crippen LogP contribution in [0.5, 0.6) is 0 Å². The molecule has 0 aliphatic heterocycles. The first kappa shape index (κ1) is 10.2. The van der Waals surface area contributed by atoms with Gasteiger partial charge in [-0.3, -0.25) is 0 Å². The van der Waals surface area contributed by atoms with Crippen molar-refractivity contribution in [1.82, 2.24) is 0 Å². The Kier molecular flexibility index (Phi) is 3.43. The summed E-state index contributed by atoms with van der Waals surface area (Å²) in [5.41, 5.74) is 7.52. The van der Waals surface area contributed by atoms with E-state index in [0.717, 1.165) is 24.0 Å². The van der Waals surface area contributed by atoms with Crippen LogP contribution in [-0.2, 0) is 12.8 Å². The summed E-state index contributed by atoms with van der Waals surface area (Å²) >= 11 is 0. The molecule has 0 spiro atoms. The molecule has 0 saturated carbocycles. The Morgan fingerprint density at radius 1 is 1.46 bits per heavy atom. The van der Waals surface area contributed by atoms with E-state index in [1.807, 2.05) is 19.9 Å². The summed E-state index contributed by atoms with van der Waals surface area (Å²) in [7, 11) is 0. The quantitative estimate of drug-likeness (QED) is 0.760. The van der Waals surface area contributed by atoms with E-state index < -0.39 is 0 Å². The maximum absolute atomic E-state index is 13.3. The van der Waals surface area contributed by atoms with Crippen molar-refractivity contribution in [2.45, 2.75) is 32.7 Å². The smallest absolute Gasteiger partial charge is 0.126 e. The lowest BCUT2D eigenvalue weighted by atomic mass is 9.99. The molecule has 2 heteroatoms. The fourth-order valence-electron chi connectivity index (χ4n) is 1.54. The summed E-state index contributed by atoms with van der Waals surface area (Å²) in [6.07, 6.45) is 1.48. The van der Waals surface area contributed by atoms with E-state index in [0.29, 0.717) is 0 Å². The highest BCUT2D eigenvalue weighted by Crippen LogP contribution is 2.15. The summed E-state index contributed by atoms with van der Waals surface area (Å²) in [6, 6.07) is 5.29. The first-order valence-corrected chi connectivity index (χ1v) is 4.67. The molecule has 1 rings (SSSR count). The first-order chi connectivity index (χ1) is 6.15. The second-order valence-corrected chi connectivity index (χ2v) is 3.41. The van der Waals surface area contributed by atoms with E-state index in [9.17, 15) is 4.39 Å². The number of benzene rings is 1. The third-order valence-electron chi connectivity index (χ3n) is 2.11. The van der Waals surface area contributed by atoms with Gasteiger partial charge < -0.3 is 5.73 Å². The zero-order valence-electron chi connectivity index (χ0n) is 8.18. The van der Waals surface area contributed by atoms with E-state index in [1.165, 1.54) is 6.07 Å². The van der Waals surface area contributed by atoms with Gasteiger partial charge in [-0.1, -0.05) is 19.1 Å². The topological polar surface area (TPSA) is 26.0 Å². The van der Waals surface area contributed by atoms with Gasteiger partial charge in [0, 0.05) is 6.04 Å².